The number of halogens is 1. The van der Waals surface area contributed by atoms with Crippen molar-refractivity contribution in [3.05, 3.63) is 35.9 Å². The van der Waals surface area contributed by atoms with Crippen molar-refractivity contribution in [3.63, 3.8) is 0 Å². The molecule has 0 heterocycles. The molecule has 3 N–H and O–H groups in total. The molecule has 2 atom stereocenters. The maximum atomic E-state index is 12.1. The van der Waals surface area contributed by atoms with E-state index in [-0.39, 0.29) is 29.8 Å². The van der Waals surface area contributed by atoms with Crippen LogP contribution in [0.25, 0.3) is 0 Å². The number of amides is 1. The fourth-order valence-corrected chi connectivity index (χ4v) is 1.88. The molecule has 1 aromatic carbocycles. The second-order valence-electron chi connectivity index (χ2n) is 6.15. The number of carbonyl (C=O) groups is 1. The molecular formula is C16H27ClN2O. The largest absolute Gasteiger partial charge is 0.352 e. The fourth-order valence-electron chi connectivity index (χ4n) is 1.88. The lowest BCUT2D eigenvalue weighted by molar-refractivity contribution is -0.125. The van der Waals surface area contributed by atoms with Gasteiger partial charge in [-0.25, -0.2) is 0 Å². The summed E-state index contributed by atoms with van der Waals surface area (Å²) in [6.07, 6.45) is 1.75. The first-order chi connectivity index (χ1) is 8.84. The van der Waals surface area contributed by atoms with Gasteiger partial charge < -0.3 is 11.1 Å². The van der Waals surface area contributed by atoms with Gasteiger partial charge in [-0.05, 0) is 23.8 Å². The smallest absolute Gasteiger partial charge is 0.237 e. The van der Waals surface area contributed by atoms with Crippen molar-refractivity contribution in [2.24, 2.45) is 11.1 Å². The van der Waals surface area contributed by atoms with Crippen molar-refractivity contribution in [1.82, 2.24) is 5.32 Å². The molecule has 0 aliphatic heterocycles. The number of nitrogens with two attached hydrogens (primary N) is 1. The fraction of sp³-hybridized carbons (Fsp3) is 0.562. The van der Waals surface area contributed by atoms with Gasteiger partial charge in [0, 0.05) is 6.04 Å². The van der Waals surface area contributed by atoms with E-state index in [0.29, 0.717) is 0 Å². The Morgan fingerprint density at radius 2 is 1.80 bits per heavy atom. The quantitative estimate of drug-likeness (QED) is 0.878. The zero-order chi connectivity index (χ0) is 14.5. The van der Waals surface area contributed by atoms with Gasteiger partial charge in [0.1, 0.15) is 0 Å². The van der Waals surface area contributed by atoms with Crippen LogP contribution in [0.5, 0.6) is 0 Å². The normalized spacial score (nSPS) is 14.1. The Kier molecular flexibility index (Phi) is 7.84. The first-order valence-electron chi connectivity index (χ1n) is 6.94. The topological polar surface area (TPSA) is 55.1 Å². The molecule has 0 fully saturated rings. The summed E-state index contributed by atoms with van der Waals surface area (Å²) < 4.78 is 0. The van der Waals surface area contributed by atoms with Crippen molar-refractivity contribution in [1.29, 1.82) is 0 Å². The van der Waals surface area contributed by atoms with Crippen LogP contribution in [0.2, 0.25) is 0 Å². The van der Waals surface area contributed by atoms with Crippen molar-refractivity contribution < 1.29 is 4.79 Å². The van der Waals surface area contributed by atoms with Crippen LogP contribution < -0.4 is 11.1 Å². The van der Waals surface area contributed by atoms with E-state index in [0.717, 1.165) is 12.8 Å². The highest BCUT2D eigenvalue weighted by molar-refractivity contribution is 5.85. The Bertz CT molecular complexity index is 401. The molecule has 114 valence electrons. The molecule has 0 aliphatic rings. The van der Waals surface area contributed by atoms with Gasteiger partial charge in [-0.3, -0.25) is 4.79 Å². The third kappa shape index (κ3) is 5.93. The van der Waals surface area contributed by atoms with Gasteiger partial charge in [0.2, 0.25) is 5.91 Å². The minimum Gasteiger partial charge on any atom is -0.352 e. The second kappa shape index (κ2) is 8.28. The minimum atomic E-state index is -0.475. The maximum absolute atomic E-state index is 12.1. The lowest BCUT2D eigenvalue weighted by Crippen LogP contribution is -2.51. The van der Waals surface area contributed by atoms with Gasteiger partial charge in [-0.15, -0.1) is 12.4 Å². The van der Waals surface area contributed by atoms with Crippen LogP contribution in [0.15, 0.2) is 30.3 Å². The van der Waals surface area contributed by atoms with Gasteiger partial charge >= 0.3 is 0 Å². The molecule has 0 radical (unpaired) electrons. The molecule has 0 spiro atoms. The Hall–Kier alpha value is -1.06. The summed E-state index contributed by atoms with van der Waals surface area (Å²) in [5, 5.41) is 3.06. The van der Waals surface area contributed by atoms with Crippen LogP contribution in [-0.4, -0.2) is 18.0 Å². The Morgan fingerprint density at radius 1 is 1.25 bits per heavy atom. The number of hydrogen-bond acceptors (Lipinski definition) is 2. The van der Waals surface area contributed by atoms with E-state index in [4.69, 9.17) is 5.73 Å². The van der Waals surface area contributed by atoms with Gasteiger partial charge in [-0.1, -0.05) is 58.0 Å². The van der Waals surface area contributed by atoms with E-state index >= 15 is 0 Å². The first kappa shape index (κ1) is 18.9. The highest BCUT2D eigenvalue weighted by atomic mass is 35.5. The molecule has 1 unspecified atom stereocenters. The molecule has 1 amide bonds. The number of hydrogen-bond donors (Lipinski definition) is 2. The summed E-state index contributed by atoms with van der Waals surface area (Å²) in [6.45, 7) is 8.02. The number of nitrogens with one attached hydrogen (secondary N) is 1. The summed E-state index contributed by atoms with van der Waals surface area (Å²) in [7, 11) is 0. The summed E-state index contributed by atoms with van der Waals surface area (Å²) in [5.74, 6) is -0.0599. The van der Waals surface area contributed by atoms with Crippen LogP contribution in [-0.2, 0) is 11.2 Å². The predicted molar refractivity (Wildman–Crippen MR) is 87.0 cm³/mol. The van der Waals surface area contributed by atoms with E-state index < -0.39 is 6.04 Å². The van der Waals surface area contributed by atoms with Gasteiger partial charge in [0.15, 0.2) is 0 Å². The van der Waals surface area contributed by atoms with Crippen LogP contribution >= 0.6 is 12.4 Å². The molecule has 20 heavy (non-hydrogen) atoms. The Balaban J connectivity index is 0.00000361. The summed E-state index contributed by atoms with van der Waals surface area (Å²) in [5.41, 5.74) is 7.00. The minimum absolute atomic E-state index is 0. The maximum Gasteiger partial charge on any atom is 0.237 e. The Labute approximate surface area is 128 Å². The average molecular weight is 299 g/mol. The zero-order valence-corrected chi connectivity index (χ0v) is 13.7. The third-order valence-corrected chi connectivity index (χ3v) is 3.38. The molecule has 0 aliphatic carbocycles. The van der Waals surface area contributed by atoms with Gasteiger partial charge in [0.25, 0.3) is 0 Å². The molecule has 1 aromatic rings. The van der Waals surface area contributed by atoms with Gasteiger partial charge in [-0.2, -0.15) is 0 Å². The number of benzene rings is 1. The highest BCUT2D eigenvalue weighted by Crippen LogP contribution is 2.17. The molecule has 1 rings (SSSR count). The van der Waals surface area contributed by atoms with Crippen molar-refractivity contribution >= 4 is 18.3 Å². The summed E-state index contributed by atoms with van der Waals surface area (Å²) in [4.78, 5) is 12.1. The summed E-state index contributed by atoms with van der Waals surface area (Å²) >= 11 is 0. The third-order valence-electron chi connectivity index (χ3n) is 3.38. The van der Waals surface area contributed by atoms with Crippen LogP contribution in [0.3, 0.4) is 0 Å². The average Bonchev–Trinajstić information content (AvgIpc) is 2.37. The van der Waals surface area contributed by atoms with Crippen LogP contribution in [0.4, 0.5) is 0 Å². The molecular weight excluding hydrogens is 272 g/mol. The second-order valence-corrected chi connectivity index (χ2v) is 6.15. The van der Waals surface area contributed by atoms with E-state index in [1.807, 2.05) is 39.0 Å². The standard InChI is InChI=1S/C16H26N2O.ClH/c1-5-13(11-12-9-7-6-8-10-12)18-15(19)14(17)16(2,3)4;/h6-10,13-14H,5,11,17H2,1-4H3,(H,18,19);1H/t13?,14-;/m1./s1. The Morgan fingerprint density at radius 3 is 2.25 bits per heavy atom. The monoisotopic (exact) mass is 298 g/mol. The molecule has 0 aromatic heterocycles. The lowest BCUT2D eigenvalue weighted by atomic mass is 9.86. The van der Waals surface area contributed by atoms with E-state index in [1.54, 1.807) is 0 Å². The SMILES string of the molecule is CCC(Cc1ccccc1)NC(=O)[C@@H](N)C(C)(C)C.Cl. The van der Waals surface area contributed by atoms with Gasteiger partial charge in [0.05, 0.1) is 6.04 Å². The molecule has 0 saturated carbocycles. The highest BCUT2D eigenvalue weighted by Gasteiger charge is 2.28. The van der Waals surface area contributed by atoms with E-state index in [9.17, 15) is 4.79 Å². The molecule has 3 nitrogen and oxygen atoms in total. The lowest BCUT2D eigenvalue weighted by Gasteiger charge is -2.28. The summed E-state index contributed by atoms with van der Waals surface area (Å²) in [6, 6.07) is 9.87. The van der Waals surface area contributed by atoms with Crippen molar-refractivity contribution in [3.8, 4) is 0 Å². The van der Waals surface area contributed by atoms with E-state index in [1.165, 1.54) is 5.56 Å². The molecule has 0 bridgehead atoms. The molecule has 0 saturated heterocycles. The first-order valence-corrected chi connectivity index (χ1v) is 6.94. The van der Waals surface area contributed by atoms with Crippen LogP contribution in [0, 0.1) is 5.41 Å². The predicted octanol–water partition coefficient (Wildman–Crippen LogP) is 2.92. The zero-order valence-electron chi connectivity index (χ0n) is 12.8. The molecule has 4 heteroatoms. The number of carbonyl (C=O) groups excluding carboxylic acids is 1. The number of rotatable bonds is 5. The van der Waals surface area contributed by atoms with Crippen molar-refractivity contribution in [2.45, 2.75) is 52.6 Å². The van der Waals surface area contributed by atoms with Crippen molar-refractivity contribution in [2.75, 3.05) is 0 Å². The van der Waals surface area contributed by atoms with Crippen LogP contribution in [0.1, 0.15) is 39.7 Å². The van der Waals surface area contributed by atoms with E-state index in [2.05, 4.69) is 24.4 Å².